The van der Waals surface area contributed by atoms with Gasteiger partial charge in [-0.2, -0.15) is 5.26 Å². The molecule has 2 aromatic rings. The zero-order chi connectivity index (χ0) is 17.7. The summed E-state index contributed by atoms with van der Waals surface area (Å²) in [4.78, 5) is 23.7. The number of nitriles is 1. The molecule has 0 aliphatic rings. The molecule has 1 atom stereocenters. The van der Waals surface area contributed by atoms with E-state index in [2.05, 4.69) is 37.2 Å². The summed E-state index contributed by atoms with van der Waals surface area (Å²) in [6, 6.07) is 12.5. The Kier molecular flexibility index (Phi) is 6.12. The van der Waals surface area contributed by atoms with Crippen molar-refractivity contribution in [3.63, 3.8) is 0 Å². The van der Waals surface area contributed by atoms with Crippen molar-refractivity contribution >= 4 is 43.7 Å². The van der Waals surface area contributed by atoms with Crippen LogP contribution in [0.4, 0.5) is 0 Å². The molecule has 0 heterocycles. The van der Waals surface area contributed by atoms with E-state index in [1.54, 1.807) is 42.5 Å². The number of amides is 1. The van der Waals surface area contributed by atoms with Crippen LogP contribution in [0, 0.1) is 11.3 Å². The maximum atomic E-state index is 12.3. The first-order valence-electron chi connectivity index (χ1n) is 6.88. The average Bonchev–Trinajstić information content (AvgIpc) is 2.53. The lowest BCUT2D eigenvalue weighted by Gasteiger charge is -2.15. The molecule has 0 unspecified atom stereocenters. The van der Waals surface area contributed by atoms with Gasteiger partial charge in [-0.15, -0.1) is 0 Å². The van der Waals surface area contributed by atoms with Crippen molar-refractivity contribution in [2.75, 3.05) is 0 Å². The number of nitrogens with one attached hydrogen (secondary N) is 1. The molecule has 5 nitrogen and oxygen atoms in total. The quantitative estimate of drug-likeness (QED) is 0.727. The van der Waals surface area contributed by atoms with Gasteiger partial charge in [0.05, 0.1) is 11.6 Å². The minimum atomic E-state index is -1.12. The van der Waals surface area contributed by atoms with Gasteiger partial charge in [-0.1, -0.05) is 44.0 Å². The van der Waals surface area contributed by atoms with Crippen LogP contribution in [0.5, 0.6) is 0 Å². The molecule has 1 amide bonds. The molecule has 0 bridgehead atoms. The number of aliphatic carboxylic acids is 1. The van der Waals surface area contributed by atoms with E-state index in [9.17, 15) is 14.7 Å². The van der Waals surface area contributed by atoms with Gasteiger partial charge in [0.15, 0.2) is 0 Å². The minimum absolute atomic E-state index is 0.127. The molecule has 0 fully saturated rings. The number of hydrogen-bond acceptors (Lipinski definition) is 3. The number of carboxylic acids is 1. The van der Waals surface area contributed by atoms with Crippen LogP contribution in [0.1, 0.15) is 21.5 Å². The summed E-state index contributed by atoms with van der Waals surface area (Å²) in [5.74, 6) is -1.60. The predicted molar refractivity (Wildman–Crippen MR) is 95.6 cm³/mol. The van der Waals surface area contributed by atoms with E-state index in [1.807, 2.05) is 6.07 Å². The van der Waals surface area contributed by atoms with Crippen LogP contribution in [0.25, 0.3) is 0 Å². The summed E-state index contributed by atoms with van der Waals surface area (Å²) in [5, 5.41) is 20.7. The largest absolute Gasteiger partial charge is 0.480 e. The predicted octanol–water partition coefficient (Wildman–Crippen LogP) is 3.51. The Hall–Kier alpha value is -2.17. The molecular weight excluding hydrogens is 440 g/mol. The second-order valence-corrected chi connectivity index (χ2v) is 6.87. The Morgan fingerprint density at radius 1 is 1.12 bits per heavy atom. The number of carbonyl (C=O) groups is 2. The Morgan fingerprint density at radius 3 is 2.21 bits per heavy atom. The van der Waals surface area contributed by atoms with Crippen molar-refractivity contribution in [3.05, 3.63) is 68.1 Å². The fourth-order valence-corrected chi connectivity index (χ4v) is 3.37. The topological polar surface area (TPSA) is 90.2 Å². The van der Waals surface area contributed by atoms with Crippen LogP contribution in [0.2, 0.25) is 0 Å². The number of carboxylic acid groups (broad SMARTS) is 1. The lowest BCUT2D eigenvalue weighted by Crippen LogP contribution is -2.42. The summed E-state index contributed by atoms with van der Waals surface area (Å²) >= 11 is 6.58. The molecule has 0 aromatic heterocycles. The highest BCUT2D eigenvalue weighted by molar-refractivity contribution is 9.11. The third kappa shape index (κ3) is 4.91. The van der Waals surface area contributed by atoms with E-state index in [-0.39, 0.29) is 6.42 Å². The van der Waals surface area contributed by atoms with Gasteiger partial charge in [0.25, 0.3) is 5.91 Å². The first-order valence-corrected chi connectivity index (χ1v) is 8.46. The SMILES string of the molecule is N#Cc1ccc(C[C@H](NC(=O)c2cc(Br)cc(Br)c2)C(=O)O)cc1. The third-order valence-electron chi connectivity index (χ3n) is 3.25. The Balaban J connectivity index is 2.14. The summed E-state index contributed by atoms with van der Waals surface area (Å²) in [6.07, 6.45) is 0.127. The molecule has 24 heavy (non-hydrogen) atoms. The van der Waals surface area contributed by atoms with Crippen LogP contribution >= 0.6 is 31.9 Å². The van der Waals surface area contributed by atoms with E-state index >= 15 is 0 Å². The molecule has 0 saturated heterocycles. The van der Waals surface area contributed by atoms with Crippen LogP contribution in [0.3, 0.4) is 0 Å². The first-order chi connectivity index (χ1) is 11.4. The van der Waals surface area contributed by atoms with Gasteiger partial charge in [0, 0.05) is 20.9 Å². The van der Waals surface area contributed by atoms with Gasteiger partial charge in [-0.3, -0.25) is 4.79 Å². The van der Waals surface area contributed by atoms with Crippen LogP contribution in [0.15, 0.2) is 51.4 Å². The zero-order valence-corrected chi connectivity index (χ0v) is 15.5. The second-order valence-electron chi connectivity index (χ2n) is 5.04. The maximum absolute atomic E-state index is 12.3. The number of rotatable bonds is 5. The van der Waals surface area contributed by atoms with Gasteiger partial charge in [-0.05, 0) is 35.9 Å². The van der Waals surface area contributed by atoms with Crippen LogP contribution in [-0.2, 0) is 11.2 Å². The molecule has 7 heteroatoms. The molecule has 0 aliphatic heterocycles. The Labute approximate surface area is 155 Å². The standard InChI is InChI=1S/C17H12Br2N2O3/c18-13-6-12(7-14(19)8-13)16(22)21-15(17(23)24)5-10-1-3-11(9-20)4-2-10/h1-4,6-8,15H,5H2,(H,21,22)(H,23,24)/t15-/m0/s1. The third-order valence-corrected chi connectivity index (χ3v) is 4.17. The Morgan fingerprint density at radius 2 is 1.71 bits per heavy atom. The van der Waals surface area contributed by atoms with Gasteiger partial charge in [-0.25, -0.2) is 4.79 Å². The summed E-state index contributed by atoms with van der Waals surface area (Å²) in [5.41, 5.74) is 1.56. The van der Waals surface area contributed by atoms with Gasteiger partial charge < -0.3 is 10.4 Å². The van der Waals surface area contributed by atoms with Crippen LogP contribution < -0.4 is 5.32 Å². The van der Waals surface area contributed by atoms with Crippen molar-refractivity contribution in [3.8, 4) is 6.07 Å². The lowest BCUT2D eigenvalue weighted by atomic mass is 10.0. The molecule has 2 aromatic carbocycles. The molecule has 0 saturated carbocycles. The van der Waals surface area contributed by atoms with Crippen molar-refractivity contribution in [1.82, 2.24) is 5.32 Å². The van der Waals surface area contributed by atoms with Gasteiger partial charge in [0.1, 0.15) is 6.04 Å². The molecule has 0 aliphatic carbocycles. The lowest BCUT2D eigenvalue weighted by molar-refractivity contribution is -0.139. The average molecular weight is 452 g/mol. The molecule has 122 valence electrons. The highest BCUT2D eigenvalue weighted by Gasteiger charge is 2.21. The van der Waals surface area contributed by atoms with Crippen LogP contribution in [-0.4, -0.2) is 23.0 Å². The fourth-order valence-electron chi connectivity index (χ4n) is 2.08. The molecule has 2 N–H and O–H groups in total. The van der Waals surface area contributed by atoms with E-state index in [0.717, 1.165) is 5.56 Å². The molecule has 2 rings (SSSR count). The number of hydrogen-bond donors (Lipinski definition) is 2. The maximum Gasteiger partial charge on any atom is 0.326 e. The van der Waals surface area contributed by atoms with Crippen molar-refractivity contribution in [2.45, 2.75) is 12.5 Å². The smallest absolute Gasteiger partial charge is 0.326 e. The van der Waals surface area contributed by atoms with Crippen molar-refractivity contribution in [2.24, 2.45) is 0 Å². The zero-order valence-electron chi connectivity index (χ0n) is 12.3. The normalized spacial score (nSPS) is 11.4. The summed E-state index contributed by atoms with van der Waals surface area (Å²) in [7, 11) is 0. The number of carbonyl (C=O) groups excluding carboxylic acids is 1. The van der Waals surface area contributed by atoms with Gasteiger partial charge in [0.2, 0.25) is 0 Å². The second kappa shape index (κ2) is 8.08. The fraction of sp³-hybridized carbons (Fsp3) is 0.118. The highest BCUT2D eigenvalue weighted by Crippen LogP contribution is 2.20. The first kappa shape index (κ1) is 18.2. The van der Waals surface area contributed by atoms with Gasteiger partial charge >= 0.3 is 5.97 Å². The van der Waals surface area contributed by atoms with E-state index < -0.39 is 17.9 Å². The van der Waals surface area contributed by atoms with Crippen molar-refractivity contribution < 1.29 is 14.7 Å². The monoisotopic (exact) mass is 450 g/mol. The summed E-state index contributed by atoms with van der Waals surface area (Å²) < 4.78 is 1.42. The van der Waals surface area contributed by atoms with E-state index in [0.29, 0.717) is 20.1 Å². The molecule has 0 spiro atoms. The van der Waals surface area contributed by atoms with E-state index in [4.69, 9.17) is 5.26 Å². The number of benzene rings is 2. The molecule has 0 radical (unpaired) electrons. The minimum Gasteiger partial charge on any atom is -0.480 e. The molecular formula is C17H12Br2N2O3. The highest BCUT2D eigenvalue weighted by atomic mass is 79.9. The number of halogens is 2. The Bertz CT molecular complexity index is 793. The van der Waals surface area contributed by atoms with E-state index in [1.165, 1.54) is 0 Å². The number of nitrogens with zero attached hydrogens (tertiary/aromatic N) is 1. The summed E-state index contributed by atoms with van der Waals surface area (Å²) in [6.45, 7) is 0. The van der Waals surface area contributed by atoms with Crippen molar-refractivity contribution in [1.29, 1.82) is 5.26 Å².